The monoisotopic (exact) mass is 267 g/mol. The molecule has 0 aromatic rings. The molecule has 5 nitrogen and oxygen atoms in total. The van der Waals surface area contributed by atoms with E-state index in [4.69, 9.17) is 11.5 Å². The molecule has 0 aliphatic heterocycles. The van der Waals surface area contributed by atoms with Crippen molar-refractivity contribution in [2.75, 3.05) is 6.54 Å². The summed E-state index contributed by atoms with van der Waals surface area (Å²) in [6.45, 7) is 0.440. The number of rotatable bonds is 4. The summed E-state index contributed by atoms with van der Waals surface area (Å²) in [4.78, 5) is 23.5. The van der Waals surface area contributed by atoms with Gasteiger partial charge in [-0.25, -0.2) is 0 Å². The molecule has 0 aromatic carbocycles. The van der Waals surface area contributed by atoms with Crippen molar-refractivity contribution >= 4 is 11.8 Å². The summed E-state index contributed by atoms with van der Waals surface area (Å²) in [6, 6.07) is 0.187. The van der Waals surface area contributed by atoms with Gasteiger partial charge in [0.25, 0.3) is 0 Å². The molecule has 0 radical (unpaired) electrons. The smallest absolute Gasteiger partial charge is 0.227 e. The maximum atomic E-state index is 12.4. The molecule has 2 aliphatic carbocycles. The highest BCUT2D eigenvalue weighted by molar-refractivity contribution is 5.83. The molecular weight excluding hydrogens is 242 g/mol. The van der Waals surface area contributed by atoms with Gasteiger partial charge in [0.05, 0.1) is 5.41 Å². The Morgan fingerprint density at radius 2 is 1.68 bits per heavy atom. The number of hydrogen-bond donors (Lipinski definition) is 3. The van der Waals surface area contributed by atoms with Gasteiger partial charge in [-0.05, 0) is 38.5 Å². The van der Waals surface area contributed by atoms with Crippen LogP contribution in [0.3, 0.4) is 0 Å². The third kappa shape index (κ3) is 3.08. The Kier molecular flexibility index (Phi) is 4.45. The topological polar surface area (TPSA) is 98.2 Å². The average molecular weight is 267 g/mol. The fourth-order valence-electron chi connectivity index (χ4n) is 3.44. The van der Waals surface area contributed by atoms with Gasteiger partial charge in [-0.1, -0.05) is 12.8 Å². The van der Waals surface area contributed by atoms with E-state index in [0.29, 0.717) is 6.54 Å². The molecule has 2 aliphatic rings. The third-order valence-corrected chi connectivity index (χ3v) is 4.90. The van der Waals surface area contributed by atoms with Crippen molar-refractivity contribution in [3.05, 3.63) is 0 Å². The van der Waals surface area contributed by atoms with Crippen molar-refractivity contribution in [3.63, 3.8) is 0 Å². The van der Waals surface area contributed by atoms with Gasteiger partial charge in [-0.15, -0.1) is 0 Å². The van der Waals surface area contributed by atoms with E-state index in [-0.39, 0.29) is 29.2 Å². The number of nitrogens with one attached hydrogen (secondary N) is 1. The molecule has 0 bridgehead atoms. The van der Waals surface area contributed by atoms with E-state index < -0.39 is 0 Å². The number of hydrogen-bond acceptors (Lipinski definition) is 3. The summed E-state index contributed by atoms with van der Waals surface area (Å²) in [5.74, 6) is -0.0999. The Morgan fingerprint density at radius 1 is 1.11 bits per heavy atom. The molecule has 0 aromatic heterocycles. The quantitative estimate of drug-likeness (QED) is 0.698. The summed E-state index contributed by atoms with van der Waals surface area (Å²) < 4.78 is 0. The van der Waals surface area contributed by atoms with Crippen LogP contribution in [0.25, 0.3) is 0 Å². The zero-order chi connectivity index (χ0) is 13.9. The third-order valence-electron chi connectivity index (χ3n) is 4.90. The van der Waals surface area contributed by atoms with Crippen LogP contribution >= 0.6 is 0 Å². The van der Waals surface area contributed by atoms with E-state index in [1.807, 2.05) is 0 Å². The van der Waals surface area contributed by atoms with Crippen LogP contribution in [0.4, 0.5) is 0 Å². The van der Waals surface area contributed by atoms with Crippen molar-refractivity contribution < 1.29 is 9.59 Å². The lowest BCUT2D eigenvalue weighted by atomic mass is 9.82. The van der Waals surface area contributed by atoms with Gasteiger partial charge in [-0.3, -0.25) is 9.59 Å². The Balaban J connectivity index is 1.85. The predicted octanol–water partition coefficient (Wildman–Crippen LogP) is 0.666. The van der Waals surface area contributed by atoms with Crippen molar-refractivity contribution in [3.8, 4) is 0 Å². The van der Waals surface area contributed by atoms with Crippen LogP contribution < -0.4 is 16.8 Å². The molecule has 19 heavy (non-hydrogen) atoms. The minimum Gasteiger partial charge on any atom is -0.369 e. The van der Waals surface area contributed by atoms with Gasteiger partial charge in [-0.2, -0.15) is 0 Å². The van der Waals surface area contributed by atoms with Crippen LogP contribution in [0.5, 0.6) is 0 Å². The van der Waals surface area contributed by atoms with Crippen LogP contribution in [0.1, 0.15) is 51.4 Å². The van der Waals surface area contributed by atoms with Crippen molar-refractivity contribution in [1.29, 1.82) is 0 Å². The molecule has 0 unspecified atom stereocenters. The zero-order valence-electron chi connectivity index (χ0n) is 11.5. The number of carbonyl (C=O) groups is 2. The second-order valence-electron chi connectivity index (χ2n) is 6.12. The average Bonchev–Trinajstić information content (AvgIpc) is 2.89. The summed E-state index contributed by atoms with van der Waals surface area (Å²) in [5.41, 5.74) is 10.8. The number of amides is 2. The lowest BCUT2D eigenvalue weighted by Gasteiger charge is -2.32. The molecule has 2 fully saturated rings. The molecule has 0 saturated heterocycles. The van der Waals surface area contributed by atoms with Crippen LogP contribution in [0.2, 0.25) is 0 Å². The second kappa shape index (κ2) is 5.90. The minimum absolute atomic E-state index is 0.0110. The molecule has 0 spiro atoms. The van der Waals surface area contributed by atoms with E-state index in [2.05, 4.69) is 5.32 Å². The summed E-state index contributed by atoms with van der Waals surface area (Å²) in [7, 11) is 0. The van der Waals surface area contributed by atoms with Crippen LogP contribution in [-0.4, -0.2) is 24.4 Å². The Hall–Kier alpha value is -1.10. The fraction of sp³-hybridized carbons (Fsp3) is 0.857. The summed E-state index contributed by atoms with van der Waals surface area (Å²) >= 11 is 0. The standard InChI is InChI=1S/C14H25N3O2/c15-9-14(7-1-2-8-14)13(19)17-11-5-3-10(4-6-11)12(16)18/h10-11H,1-9,15H2,(H2,16,18)(H,17,19). The number of carbonyl (C=O) groups excluding carboxylic acids is 2. The first-order chi connectivity index (χ1) is 9.07. The molecule has 2 rings (SSSR count). The van der Waals surface area contributed by atoms with Gasteiger partial charge < -0.3 is 16.8 Å². The molecule has 5 N–H and O–H groups in total. The van der Waals surface area contributed by atoms with Crippen molar-refractivity contribution in [2.24, 2.45) is 22.8 Å². The highest BCUT2D eigenvalue weighted by Crippen LogP contribution is 2.37. The van der Waals surface area contributed by atoms with E-state index in [9.17, 15) is 9.59 Å². The Bertz CT molecular complexity index is 343. The van der Waals surface area contributed by atoms with Gasteiger partial charge in [0, 0.05) is 18.5 Å². The van der Waals surface area contributed by atoms with E-state index in [0.717, 1.165) is 51.4 Å². The van der Waals surface area contributed by atoms with Crippen molar-refractivity contribution in [1.82, 2.24) is 5.32 Å². The maximum absolute atomic E-state index is 12.4. The first-order valence-electron chi connectivity index (χ1n) is 7.38. The Labute approximate surface area is 114 Å². The minimum atomic E-state index is -0.333. The first kappa shape index (κ1) is 14.3. The highest BCUT2D eigenvalue weighted by Gasteiger charge is 2.40. The van der Waals surface area contributed by atoms with Crippen LogP contribution in [-0.2, 0) is 9.59 Å². The van der Waals surface area contributed by atoms with Crippen LogP contribution in [0, 0.1) is 11.3 Å². The lowest BCUT2D eigenvalue weighted by molar-refractivity contribution is -0.131. The molecule has 2 saturated carbocycles. The lowest BCUT2D eigenvalue weighted by Crippen LogP contribution is -2.49. The van der Waals surface area contributed by atoms with Gasteiger partial charge >= 0.3 is 0 Å². The summed E-state index contributed by atoms with van der Waals surface area (Å²) in [5, 5.41) is 3.14. The number of nitrogens with two attached hydrogens (primary N) is 2. The van der Waals surface area contributed by atoms with E-state index in [1.165, 1.54) is 0 Å². The number of primary amides is 1. The first-order valence-corrected chi connectivity index (χ1v) is 7.38. The normalized spacial score (nSPS) is 29.9. The van der Waals surface area contributed by atoms with Gasteiger partial charge in [0.1, 0.15) is 0 Å². The van der Waals surface area contributed by atoms with E-state index in [1.54, 1.807) is 0 Å². The van der Waals surface area contributed by atoms with Gasteiger partial charge in [0.15, 0.2) is 0 Å². The molecule has 0 atom stereocenters. The van der Waals surface area contributed by atoms with Crippen LogP contribution in [0.15, 0.2) is 0 Å². The largest absolute Gasteiger partial charge is 0.369 e. The molecular formula is C14H25N3O2. The Morgan fingerprint density at radius 3 is 2.16 bits per heavy atom. The SMILES string of the molecule is NCC1(C(=O)NC2CCC(C(N)=O)CC2)CCCC1. The second-order valence-corrected chi connectivity index (χ2v) is 6.12. The predicted molar refractivity (Wildman–Crippen MR) is 73.0 cm³/mol. The fourth-order valence-corrected chi connectivity index (χ4v) is 3.44. The van der Waals surface area contributed by atoms with Gasteiger partial charge in [0.2, 0.25) is 11.8 Å². The summed E-state index contributed by atoms with van der Waals surface area (Å²) in [6.07, 6.45) is 7.28. The molecule has 2 amide bonds. The van der Waals surface area contributed by atoms with E-state index >= 15 is 0 Å². The molecule has 0 heterocycles. The van der Waals surface area contributed by atoms with Crippen molar-refractivity contribution in [2.45, 2.75) is 57.4 Å². The molecule has 5 heteroatoms. The highest BCUT2D eigenvalue weighted by atomic mass is 16.2. The zero-order valence-corrected chi connectivity index (χ0v) is 11.5. The maximum Gasteiger partial charge on any atom is 0.227 e. The molecule has 108 valence electrons.